The zero-order valence-corrected chi connectivity index (χ0v) is 23.6. The minimum atomic E-state index is -0.153. The lowest BCUT2D eigenvalue weighted by Gasteiger charge is -2.26. The third-order valence-corrected chi connectivity index (χ3v) is 8.61. The second kappa shape index (κ2) is 13.1. The van der Waals surface area contributed by atoms with Gasteiger partial charge in [0.25, 0.3) is 5.91 Å². The summed E-state index contributed by atoms with van der Waals surface area (Å²) in [6.45, 7) is 5.02. The van der Waals surface area contributed by atoms with Gasteiger partial charge in [-0.25, -0.2) is 4.98 Å². The van der Waals surface area contributed by atoms with Crippen molar-refractivity contribution in [2.24, 2.45) is 0 Å². The molecule has 0 spiro atoms. The molecule has 0 radical (unpaired) electrons. The molecular weight excluding hydrogens is 563 g/mol. The lowest BCUT2D eigenvalue weighted by Crippen LogP contribution is -2.38. The zero-order chi connectivity index (χ0) is 26.3. The van der Waals surface area contributed by atoms with E-state index in [-0.39, 0.29) is 5.91 Å². The van der Waals surface area contributed by atoms with E-state index in [1.54, 1.807) is 5.38 Å². The summed E-state index contributed by atoms with van der Waals surface area (Å²) in [6.07, 6.45) is 0.893. The van der Waals surface area contributed by atoms with E-state index in [4.69, 9.17) is 27.9 Å². The van der Waals surface area contributed by atoms with E-state index in [0.717, 1.165) is 55.5 Å². The van der Waals surface area contributed by atoms with E-state index in [1.807, 2.05) is 53.1 Å². The zero-order valence-electron chi connectivity index (χ0n) is 20.5. The molecule has 5 rings (SSSR count). The van der Waals surface area contributed by atoms with Crippen LogP contribution in [0.15, 0.2) is 59.1 Å². The summed E-state index contributed by atoms with van der Waals surface area (Å²) in [5.41, 5.74) is 1.95. The van der Waals surface area contributed by atoms with Gasteiger partial charge in [-0.3, -0.25) is 14.3 Å². The number of nitrogens with one attached hydrogen (secondary N) is 1. The number of hydrogen-bond acceptors (Lipinski definition) is 8. The van der Waals surface area contributed by atoms with Gasteiger partial charge in [0.1, 0.15) is 10.7 Å². The molecule has 8 nitrogen and oxygen atoms in total. The Morgan fingerprint density at radius 2 is 1.82 bits per heavy atom. The van der Waals surface area contributed by atoms with Gasteiger partial charge < -0.3 is 10.1 Å². The Labute approximate surface area is 239 Å². The van der Waals surface area contributed by atoms with E-state index < -0.39 is 0 Å². The Bertz CT molecular complexity index is 1390. The van der Waals surface area contributed by atoms with Crippen molar-refractivity contribution in [2.45, 2.75) is 17.3 Å². The average molecular weight is 590 g/mol. The number of benzene rings is 2. The smallest absolute Gasteiger partial charge is 0.270 e. The molecule has 0 bridgehead atoms. The van der Waals surface area contributed by atoms with Gasteiger partial charge in [-0.05, 0) is 37.2 Å². The number of morpholine rings is 1. The molecule has 1 N–H and O–H groups in total. The van der Waals surface area contributed by atoms with Crippen LogP contribution in [0.25, 0.3) is 17.1 Å². The quantitative estimate of drug-likeness (QED) is 0.195. The summed E-state index contributed by atoms with van der Waals surface area (Å²) in [7, 11) is 0. The standard InChI is InChI=1S/C26H26Cl2N6O2S2/c27-19-7-2-1-6-18(19)24-31-32-26(34(24)22-9-4-3-8-20(22)28)38-17-23-30-21(16-37-23)25(35)29-10-5-11-33-12-14-36-15-13-33/h1-4,6-9,16H,5,10-15,17H2,(H,29,35). The van der Waals surface area contributed by atoms with E-state index >= 15 is 0 Å². The number of carbonyl (C=O) groups is 1. The van der Waals surface area contributed by atoms with Gasteiger partial charge in [0.2, 0.25) is 0 Å². The predicted octanol–water partition coefficient (Wildman–Crippen LogP) is 5.44. The van der Waals surface area contributed by atoms with Crippen LogP contribution in [0.4, 0.5) is 0 Å². The third kappa shape index (κ3) is 6.56. The Kier molecular flexibility index (Phi) is 9.31. The number of halogens is 2. The van der Waals surface area contributed by atoms with Gasteiger partial charge in [-0.15, -0.1) is 21.5 Å². The number of ether oxygens (including phenoxy) is 1. The monoisotopic (exact) mass is 588 g/mol. The lowest BCUT2D eigenvalue weighted by atomic mass is 10.2. The maximum atomic E-state index is 12.6. The largest absolute Gasteiger partial charge is 0.379 e. The van der Waals surface area contributed by atoms with Crippen LogP contribution >= 0.6 is 46.3 Å². The maximum Gasteiger partial charge on any atom is 0.270 e. The molecule has 1 aliphatic heterocycles. The number of para-hydroxylation sites is 1. The van der Waals surface area contributed by atoms with Crippen molar-refractivity contribution in [1.29, 1.82) is 0 Å². The summed E-state index contributed by atoms with van der Waals surface area (Å²) in [6, 6.07) is 15.0. The fourth-order valence-corrected chi connectivity index (χ4v) is 6.24. The first-order chi connectivity index (χ1) is 18.6. The molecule has 3 heterocycles. The highest BCUT2D eigenvalue weighted by atomic mass is 35.5. The first kappa shape index (κ1) is 27.1. The molecule has 2 aromatic heterocycles. The van der Waals surface area contributed by atoms with Crippen LogP contribution in [0.3, 0.4) is 0 Å². The molecule has 38 heavy (non-hydrogen) atoms. The number of rotatable bonds is 10. The number of nitrogens with zero attached hydrogens (tertiary/aromatic N) is 5. The molecule has 2 aromatic carbocycles. The van der Waals surface area contributed by atoms with Crippen molar-refractivity contribution in [3.05, 3.63) is 74.7 Å². The summed E-state index contributed by atoms with van der Waals surface area (Å²) in [5.74, 6) is 0.974. The summed E-state index contributed by atoms with van der Waals surface area (Å²) in [5, 5.41) is 16.3. The van der Waals surface area contributed by atoms with Crippen LogP contribution in [-0.4, -0.2) is 69.9 Å². The van der Waals surface area contributed by atoms with Crippen LogP contribution in [0.2, 0.25) is 10.0 Å². The highest BCUT2D eigenvalue weighted by molar-refractivity contribution is 7.98. The molecule has 1 saturated heterocycles. The van der Waals surface area contributed by atoms with Crippen molar-refractivity contribution in [3.63, 3.8) is 0 Å². The Morgan fingerprint density at radius 1 is 1.05 bits per heavy atom. The second-order valence-corrected chi connectivity index (χ2v) is 11.3. The van der Waals surface area contributed by atoms with Crippen molar-refractivity contribution in [2.75, 3.05) is 39.4 Å². The number of thioether (sulfide) groups is 1. The SMILES string of the molecule is O=C(NCCCN1CCOCC1)c1csc(CSc2nnc(-c3ccccc3Cl)n2-c2ccccc2Cl)n1. The third-order valence-electron chi connectivity index (χ3n) is 5.99. The molecule has 12 heteroatoms. The van der Waals surface area contributed by atoms with Crippen molar-refractivity contribution in [1.82, 2.24) is 30.0 Å². The average Bonchev–Trinajstić information content (AvgIpc) is 3.58. The van der Waals surface area contributed by atoms with Gasteiger partial charge >= 0.3 is 0 Å². The van der Waals surface area contributed by atoms with Crippen molar-refractivity contribution < 1.29 is 9.53 Å². The van der Waals surface area contributed by atoms with Gasteiger partial charge in [-0.1, -0.05) is 59.2 Å². The van der Waals surface area contributed by atoms with Crippen molar-refractivity contribution in [3.8, 4) is 17.1 Å². The highest BCUT2D eigenvalue weighted by Gasteiger charge is 2.20. The van der Waals surface area contributed by atoms with Crippen LogP contribution in [0.5, 0.6) is 0 Å². The number of amides is 1. The Balaban J connectivity index is 1.25. The maximum absolute atomic E-state index is 12.6. The van der Waals surface area contributed by atoms with Crippen LogP contribution < -0.4 is 5.32 Å². The molecule has 198 valence electrons. The minimum Gasteiger partial charge on any atom is -0.379 e. The number of thiazole rings is 1. The molecule has 1 aliphatic rings. The first-order valence-corrected chi connectivity index (χ1v) is 14.8. The molecule has 0 atom stereocenters. The van der Waals surface area contributed by atoms with Crippen LogP contribution in [0, 0.1) is 0 Å². The van der Waals surface area contributed by atoms with Crippen LogP contribution in [0.1, 0.15) is 21.9 Å². The molecular formula is C26H26Cl2N6O2S2. The van der Waals surface area contributed by atoms with E-state index in [0.29, 0.717) is 39.0 Å². The summed E-state index contributed by atoms with van der Waals surface area (Å²) < 4.78 is 7.28. The predicted molar refractivity (Wildman–Crippen MR) is 153 cm³/mol. The number of carbonyl (C=O) groups excluding carboxylic acids is 1. The van der Waals surface area contributed by atoms with Gasteiger partial charge in [0.15, 0.2) is 11.0 Å². The molecule has 0 unspecified atom stereocenters. The molecule has 1 amide bonds. The van der Waals surface area contributed by atoms with E-state index in [1.165, 1.54) is 23.1 Å². The Morgan fingerprint density at radius 3 is 2.61 bits per heavy atom. The van der Waals surface area contributed by atoms with E-state index in [9.17, 15) is 4.79 Å². The fourth-order valence-electron chi connectivity index (χ4n) is 4.06. The highest BCUT2D eigenvalue weighted by Crippen LogP contribution is 2.35. The molecule has 0 aliphatic carbocycles. The minimum absolute atomic E-state index is 0.153. The summed E-state index contributed by atoms with van der Waals surface area (Å²) in [4.78, 5) is 19.5. The molecule has 4 aromatic rings. The first-order valence-electron chi connectivity index (χ1n) is 12.2. The van der Waals surface area contributed by atoms with Gasteiger partial charge in [0.05, 0.1) is 34.7 Å². The lowest BCUT2D eigenvalue weighted by molar-refractivity contribution is 0.0374. The van der Waals surface area contributed by atoms with Gasteiger partial charge in [-0.2, -0.15) is 0 Å². The Hall–Kier alpha value is -2.47. The molecule has 1 fully saturated rings. The van der Waals surface area contributed by atoms with E-state index in [2.05, 4.69) is 25.4 Å². The normalized spacial score (nSPS) is 14.1. The topological polar surface area (TPSA) is 85.2 Å². The second-order valence-electron chi connectivity index (χ2n) is 8.55. The number of aromatic nitrogens is 4. The fraction of sp³-hybridized carbons (Fsp3) is 0.308. The van der Waals surface area contributed by atoms with Crippen molar-refractivity contribution >= 4 is 52.2 Å². The molecule has 0 saturated carbocycles. The van der Waals surface area contributed by atoms with Crippen LogP contribution in [-0.2, 0) is 10.5 Å². The van der Waals surface area contributed by atoms with Gasteiger partial charge in [0, 0.05) is 30.6 Å². The summed E-state index contributed by atoms with van der Waals surface area (Å²) >= 11 is 16.0. The number of hydrogen-bond donors (Lipinski definition) is 1.